The van der Waals surface area contributed by atoms with Crippen LogP contribution in [0.5, 0.6) is 11.5 Å². The fourth-order valence-corrected chi connectivity index (χ4v) is 2.25. The Morgan fingerprint density at radius 1 is 1.00 bits per heavy atom. The lowest BCUT2D eigenvalue weighted by molar-refractivity contribution is 0.303. The fourth-order valence-electron chi connectivity index (χ4n) is 1.72. The highest BCUT2D eigenvalue weighted by molar-refractivity contribution is 6.42. The van der Waals surface area contributed by atoms with Crippen molar-refractivity contribution in [1.82, 2.24) is 0 Å². The van der Waals surface area contributed by atoms with Crippen LogP contribution in [-0.4, -0.2) is 7.11 Å². The maximum atomic E-state index is 5.97. The van der Waals surface area contributed by atoms with Gasteiger partial charge in [-0.1, -0.05) is 29.3 Å². The summed E-state index contributed by atoms with van der Waals surface area (Å²) in [7, 11) is 1.61. The van der Waals surface area contributed by atoms with E-state index in [0.717, 1.165) is 22.6 Å². The van der Waals surface area contributed by atoms with Gasteiger partial charge in [-0.25, -0.2) is 0 Å². The Morgan fingerprint density at radius 3 is 2.45 bits per heavy atom. The van der Waals surface area contributed by atoms with Gasteiger partial charge in [0.05, 0.1) is 23.0 Å². The van der Waals surface area contributed by atoms with Gasteiger partial charge in [0.1, 0.15) is 18.1 Å². The summed E-state index contributed by atoms with van der Waals surface area (Å²) in [6.07, 6.45) is 0. The summed E-state index contributed by atoms with van der Waals surface area (Å²) in [6.45, 7) is 0.396. The van der Waals surface area contributed by atoms with Crippen LogP contribution in [0.25, 0.3) is 0 Å². The second kappa shape index (κ2) is 7.07. The van der Waals surface area contributed by atoms with Crippen LogP contribution in [0, 0.1) is 0 Å². The quantitative estimate of drug-likeness (QED) is 0.690. The third-order valence-electron chi connectivity index (χ3n) is 2.79. The third-order valence-corrected chi connectivity index (χ3v) is 3.82. The molecule has 2 aromatic carbocycles. The van der Waals surface area contributed by atoms with Crippen molar-refractivity contribution < 1.29 is 9.47 Å². The minimum Gasteiger partial charge on any atom is -0.497 e. The molecule has 0 aliphatic heterocycles. The first-order valence-corrected chi connectivity index (χ1v) is 7.22. The predicted octanol–water partition coefficient (Wildman–Crippen LogP) is 5.32. The number of benzene rings is 2. The van der Waals surface area contributed by atoms with Crippen molar-refractivity contribution in [2.45, 2.75) is 12.5 Å². The number of rotatable bonds is 5. The standard InChI is InChI=1S/C15H13Cl3O2/c1-19-12-3-5-15(11(7-12)8-16)20-9-10-2-4-13(17)14(18)6-10/h2-7H,8-9H2,1H3. The van der Waals surface area contributed by atoms with E-state index in [0.29, 0.717) is 22.5 Å². The molecule has 0 heterocycles. The van der Waals surface area contributed by atoms with Crippen LogP contribution in [0.4, 0.5) is 0 Å². The highest BCUT2D eigenvalue weighted by atomic mass is 35.5. The molecule has 0 aromatic heterocycles. The number of ether oxygens (including phenoxy) is 2. The number of hydrogen-bond donors (Lipinski definition) is 0. The van der Waals surface area contributed by atoms with E-state index in [1.807, 2.05) is 24.3 Å². The van der Waals surface area contributed by atoms with Gasteiger partial charge in [0.2, 0.25) is 0 Å². The summed E-state index contributed by atoms with van der Waals surface area (Å²) in [5.41, 5.74) is 1.82. The number of halogens is 3. The summed E-state index contributed by atoms with van der Waals surface area (Å²) in [6, 6.07) is 10.9. The molecule has 0 spiro atoms. The molecule has 0 atom stereocenters. The van der Waals surface area contributed by atoms with Crippen LogP contribution in [0.3, 0.4) is 0 Å². The van der Waals surface area contributed by atoms with Crippen LogP contribution in [0.2, 0.25) is 10.0 Å². The molecule has 106 valence electrons. The van der Waals surface area contributed by atoms with Crippen molar-refractivity contribution in [3.05, 3.63) is 57.6 Å². The van der Waals surface area contributed by atoms with Gasteiger partial charge in [-0.05, 0) is 35.9 Å². The molecule has 0 amide bonds. The summed E-state index contributed by atoms with van der Waals surface area (Å²) < 4.78 is 10.9. The average Bonchev–Trinajstić information content (AvgIpc) is 2.48. The van der Waals surface area contributed by atoms with E-state index in [1.54, 1.807) is 19.2 Å². The zero-order chi connectivity index (χ0) is 14.5. The van der Waals surface area contributed by atoms with E-state index >= 15 is 0 Å². The van der Waals surface area contributed by atoms with Crippen LogP contribution in [0.1, 0.15) is 11.1 Å². The summed E-state index contributed by atoms with van der Waals surface area (Å²) in [5.74, 6) is 1.84. The molecular weight excluding hydrogens is 319 g/mol. The fraction of sp³-hybridized carbons (Fsp3) is 0.200. The Hall–Kier alpha value is -1.09. The molecule has 0 saturated carbocycles. The van der Waals surface area contributed by atoms with Gasteiger partial charge in [-0.15, -0.1) is 11.6 Å². The molecule has 2 nitrogen and oxygen atoms in total. The van der Waals surface area contributed by atoms with Crippen LogP contribution < -0.4 is 9.47 Å². The van der Waals surface area contributed by atoms with Gasteiger partial charge in [-0.3, -0.25) is 0 Å². The first kappa shape index (κ1) is 15.3. The highest BCUT2D eigenvalue weighted by Crippen LogP contribution is 2.27. The maximum absolute atomic E-state index is 5.97. The molecule has 0 saturated heterocycles. The first-order valence-electron chi connectivity index (χ1n) is 5.93. The monoisotopic (exact) mass is 330 g/mol. The minimum atomic E-state index is 0.355. The van der Waals surface area contributed by atoms with Gasteiger partial charge in [0.25, 0.3) is 0 Å². The average molecular weight is 332 g/mol. The zero-order valence-corrected chi connectivity index (χ0v) is 13.1. The number of methoxy groups -OCH3 is 1. The molecule has 0 fully saturated rings. The molecule has 0 radical (unpaired) electrons. The number of hydrogen-bond acceptors (Lipinski definition) is 2. The second-order valence-electron chi connectivity index (χ2n) is 4.14. The van der Waals surface area contributed by atoms with Gasteiger partial charge >= 0.3 is 0 Å². The van der Waals surface area contributed by atoms with Crippen molar-refractivity contribution in [3.8, 4) is 11.5 Å². The van der Waals surface area contributed by atoms with E-state index in [1.165, 1.54) is 0 Å². The zero-order valence-electron chi connectivity index (χ0n) is 10.8. The van der Waals surface area contributed by atoms with Gasteiger partial charge < -0.3 is 9.47 Å². The Bertz CT molecular complexity index is 600. The largest absolute Gasteiger partial charge is 0.497 e. The molecular formula is C15H13Cl3O2. The van der Waals surface area contributed by atoms with Crippen molar-refractivity contribution in [2.75, 3.05) is 7.11 Å². The molecule has 0 aliphatic carbocycles. The lowest BCUT2D eigenvalue weighted by Gasteiger charge is -2.12. The van der Waals surface area contributed by atoms with Crippen molar-refractivity contribution >= 4 is 34.8 Å². The number of alkyl halides is 1. The van der Waals surface area contributed by atoms with E-state index < -0.39 is 0 Å². The Kier molecular flexibility index (Phi) is 5.41. The molecule has 0 aliphatic rings. The minimum absolute atomic E-state index is 0.355. The lowest BCUT2D eigenvalue weighted by atomic mass is 10.2. The van der Waals surface area contributed by atoms with Crippen molar-refractivity contribution in [1.29, 1.82) is 0 Å². The SMILES string of the molecule is COc1ccc(OCc2ccc(Cl)c(Cl)c2)c(CCl)c1. The van der Waals surface area contributed by atoms with E-state index in [4.69, 9.17) is 44.3 Å². The van der Waals surface area contributed by atoms with Gasteiger partial charge in [-0.2, -0.15) is 0 Å². The molecule has 2 aromatic rings. The van der Waals surface area contributed by atoms with Gasteiger partial charge in [0, 0.05) is 5.56 Å². The molecule has 20 heavy (non-hydrogen) atoms. The topological polar surface area (TPSA) is 18.5 Å². The molecule has 0 bridgehead atoms. The Morgan fingerprint density at radius 2 is 1.80 bits per heavy atom. The third kappa shape index (κ3) is 3.72. The molecule has 5 heteroatoms. The van der Waals surface area contributed by atoms with Gasteiger partial charge in [0.15, 0.2) is 0 Å². The van der Waals surface area contributed by atoms with E-state index in [-0.39, 0.29) is 0 Å². The molecule has 0 N–H and O–H groups in total. The van der Waals surface area contributed by atoms with Crippen LogP contribution >= 0.6 is 34.8 Å². The smallest absolute Gasteiger partial charge is 0.124 e. The summed E-state index contributed by atoms with van der Waals surface area (Å²) in [5, 5.41) is 1.04. The first-order chi connectivity index (χ1) is 9.63. The Balaban J connectivity index is 2.12. The van der Waals surface area contributed by atoms with Crippen LogP contribution in [0.15, 0.2) is 36.4 Å². The normalized spacial score (nSPS) is 10.4. The maximum Gasteiger partial charge on any atom is 0.124 e. The second-order valence-corrected chi connectivity index (χ2v) is 5.23. The lowest BCUT2D eigenvalue weighted by Crippen LogP contribution is -1.98. The van der Waals surface area contributed by atoms with E-state index in [9.17, 15) is 0 Å². The Labute approximate surface area is 133 Å². The summed E-state index contributed by atoms with van der Waals surface area (Å²) >= 11 is 17.8. The molecule has 2 rings (SSSR count). The summed E-state index contributed by atoms with van der Waals surface area (Å²) in [4.78, 5) is 0. The van der Waals surface area contributed by atoms with Crippen LogP contribution in [-0.2, 0) is 12.5 Å². The van der Waals surface area contributed by atoms with Crippen molar-refractivity contribution in [2.24, 2.45) is 0 Å². The predicted molar refractivity (Wildman–Crippen MR) is 83.3 cm³/mol. The molecule has 0 unspecified atom stereocenters. The van der Waals surface area contributed by atoms with E-state index in [2.05, 4.69) is 0 Å². The highest BCUT2D eigenvalue weighted by Gasteiger charge is 2.06. The van der Waals surface area contributed by atoms with Crippen molar-refractivity contribution in [3.63, 3.8) is 0 Å².